The standard InChI is InChI=1S/C13H15BBrNO2/c1-12(2)13(3,4)18-14(17-12)10-6-5-9(8-16)7-11(10)15/h5-7H,1-4H3. The minimum atomic E-state index is -0.405. The first kappa shape index (κ1) is 13.6. The summed E-state index contributed by atoms with van der Waals surface area (Å²) in [6.07, 6.45) is 0. The van der Waals surface area contributed by atoms with Crippen LogP contribution in [0.5, 0.6) is 0 Å². The summed E-state index contributed by atoms with van der Waals surface area (Å²) in [6.45, 7) is 8.07. The van der Waals surface area contributed by atoms with E-state index in [1.807, 2.05) is 33.8 Å². The summed E-state index contributed by atoms with van der Waals surface area (Å²) in [7, 11) is -0.405. The SMILES string of the molecule is CC1(C)OB(c2ccc(C#N)cc2Br)OC1(C)C. The van der Waals surface area contributed by atoms with E-state index in [0.29, 0.717) is 5.56 Å². The number of nitrogens with zero attached hydrogens (tertiary/aromatic N) is 1. The summed E-state index contributed by atoms with van der Waals surface area (Å²) in [5.74, 6) is 0. The van der Waals surface area contributed by atoms with Crippen LogP contribution in [-0.2, 0) is 9.31 Å². The van der Waals surface area contributed by atoms with Crippen molar-refractivity contribution in [3.63, 3.8) is 0 Å². The second kappa shape index (κ2) is 4.38. The lowest BCUT2D eigenvalue weighted by Gasteiger charge is -2.32. The Morgan fingerprint density at radius 3 is 2.17 bits per heavy atom. The van der Waals surface area contributed by atoms with E-state index in [1.165, 1.54) is 0 Å². The molecule has 1 aliphatic rings. The van der Waals surface area contributed by atoms with Gasteiger partial charge in [-0.15, -0.1) is 0 Å². The van der Waals surface area contributed by atoms with E-state index in [2.05, 4.69) is 22.0 Å². The molecule has 3 nitrogen and oxygen atoms in total. The van der Waals surface area contributed by atoms with Crippen molar-refractivity contribution in [1.82, 2.24) is 0 Å². The Bertz CT molecular complexity index is 506. The third kappa shape index (κ3) is 2.21. The number of hydrogen-bond acceptors (Lipinski definition) is 3. The maximum atomic E-state index is 8.85. The van der Waals surface area contributed by atoms with Gasteiger partial charge >= 0.3 is 7.12 Å². The van der Waals surface area contributed by atoms with Crippen LogP contribution in [0.25, 0.3) is 0 Å². The van der Waals surface area contributed by atoms with Crippen molar-refractivity contribution in [2.75, 3.05) is 0 Å². The van der Waals surface area contributed by atoms with E-state index in [0.717, 1.165) is 9.94 Å². The quantitative estimate of drug-likeness (QED) is 0.749. The Balaban J connectivity index is 2.33. The van der Waals surface area contributed by atoms with Crippen LogP contribution < -0.4 is 5.46 Å². The maximum absolute atomic E-state index is 8.85. The molecule has 2 rings (SSSR count). The Hall–Kier alpha value is -0.825. The molecule has 1 aromatic carbocycles. The second-order valence-electron chi connectivity index (χ2n) is 5.44. The Morgan fingerprint density at radius 2 is 1.72 bits per heavy atom. The predicted molar refractivity (Wildman–Crippen MR) is 74.6 cm³/mol. The molecule has 0 N–H and O–H groups in total. The molecule has 1 heterocycles. The molecule has 5 heteroatoms. The third-order valence-electron chi connectivity index (χ3n) is 3.64. The molecule has 0 atom stereocenters. The molecule has 18 heavy (non-hydrogen) atoms. The van der Waals surface area contributed by atoms with Gasteiger partial charge in [0.1, 0.15) is 0 Å². The zero-order valence-electron chi connectivity index (χ0n) is 11.0. The summed E-state index contributed by atoms with van der Waals surface area (Å²) in [4.78, 5) is 0. The van der Waals surface area contributed by atoms with Gasteiger partial charge < -0.3 is 9.31 Å². The molecule has 94 valence electrons. The van der Waals surface area contributed by atoms with Gasteiger partial charge in [0.25, 0.3) is 0 Å². The molecular weight excluding hydrogens is 293 g/mol. The highest BCUT2D eigenvalue weighted by Crippen LogP contribution is 2.37. The highest BCUT2D eigenvalue weighted by atomic mass is 79.9. The van der Waals surface area contributed by atoms with Crippen molar-refractivity contribution in [2.45, 2.75) is 38.9 Å². The van der Waals surface area contributed by atoms with Crippen molar-refractivity contribution in [1.29, 1.82) is 5.26 Å². The van der Waals surface area contributed by atoms with E-state index < -0.39 is 7.12 Å². The lowest BCUT2D eigenvalue weighted by Crippen LogP contribution is -2.41. The topological polar surface area (TPSA) is 42.2 Å². The maximum Gasteiger partial charge on any atom is 0.495 e. The molecule has 0 unspecified atom stereocenters. The molecule has 0 saturated carbocycles. The van der Waals surface area contributed by atoms with Crippen LogP contribution in [0.1, 0.15) is 33.3 Å². The van der Waals surface area contributed by atoms with Crippen LogP contribution in [0.4, 0.5) is 0 Å². The van der Waals surface area contributed by atoms with Gasteiger partial charge in [-0.05, 0) is 45.3 Å². The molecule has 1 aromatic rings. The normalized spacial score (nSPS) is 20.8. The van der Waals surface area contributed by atoms with Crippen LogP contribution in [0.15, 0.2) is 22.7 Å². The van der Waals surface area contributed by atoms with Crippen molar-refractivity contribution >= 4 is 28.5 Å². The molecule has 0 spiro atoms. The Kier molecular flexibility index (Phi) is 3.31. The van der Waals surface area contributed by atoms with Gasteiger partial charge in [0.2, 0.25) is 0 Å². The van der Waals surface area contributed by atoms with Crippen molar-refractivity contribution in [2.24, 2.45) is 0 Å². The Morgan fingerprint density at radius 1 is 1.17 bits per heavy atom. The average molecular weight is 308 g/mol. The first-order chi connectivity index (χ1) is 8.27. The van der Waals surface area contributed by atoms with Crippen LogP contribution in [-0.4, -0.2) is 18.3 Å². The van der Waals surface area contributed by atoms with Gasteiger partial charge in [-0.2, -0.15) is 5.26 Å². The summed E-state index contributed by atoms with van der Waals surface area (Å²) in [5.41, 5.74) is 0.811. The fourth-order valence-electron chi connectivity index (χ4n) is 1.76. The zero-order valence-corrected chi connectivity index (χ0v) is 12.5. The van der Waals surface area contributed by atoms with E-state index in [9.17, 15) is 0 Å². The minimum Gasteiger partial charge on any atom is -0.399 e. The van der Waals surface area contributed by atoms with Crippen LogP contribution >= 0.6 is 15.9 Å². The fourth-order valence-corrected chi connectivity index (χ4v) is 2.32. The van der Waals surface area contributed by atoms with E-state index in [-0.39, 0.29) is 11.2 Å². The number of halogens is 1. The molecular formula is C13H15BBrNO2. The summed E-state index contributed by atoms with van der Waals surface area (Å²) in [5, 5.41) is 8.85. The molecule has 0 bridgehead atoms. The minimum absolute atomic E-state index is 0.356. The third-order valence-corrected chi connectivity index (χ3v) is 4.32. The van der Waals surface area contributed by atoms with Crippen LogP contribution in [0.3, 0.4) is 0 Å². The Labute approximate surface area is 116 Å². The van der Waals surface area contributed by atoms with E-state index >= 15 is 0 Å². The fraction of sp³-hybridized carbons (Fsp3) is 0.462. The lowest BCUT2D eigenvalue weighted by molar-refractivity contribution is 0.00578. The zero-order chi connectivity index (χ0) is 13.6. The van der Waals surface area contributed by atoms with Crippen LogP contribution in [0.2, 0.25) is 0 Å². The van der Waals surface area contributed by atoms with Crippen molar-refractivity contribution in [3.05, 3.63) is 28.2 Å². The number of rotatable bonds is 1. The largest absolute Gasteiger partial charge is 0.495 e. The van der Waals surface area contributed by atoms with Crippen LogP contribution in [0, 0.1) is 11.3 Å². The second-order valence-corrected chi connectivity index (χ2v) is 6.29. The predicted octanol–water partition coefficient (Wildman–Crippen LogP) is 2.62. The first-order valence-corrected chi connectivity index (χ1v) is 6.61. The number of benzene rings is 1. The van der Waals surface area contributed by atoms with Crippen molar-refractivity contribution in [3.8, 4) is 6.07 Å². The van der Waals surface area contributed by atoms with Gasteiger partial charge in [-0.3, -0.25) is 0 Å². The number of hydrogen-bond donors (Lipinski definition) is 0. The lowest BCUT2D eigenvalue weighted by atomic mass is 9.79. The molecule has 0 amide bonds. The summed E-state index contributed by atoms with van der Waals surface area (Å²) >= 11 is 3.46. The monoisotopic (exact) mass is 307 g/mol. The van der Waals surface area contributed by atoms with Gasteiger partial charge in [0.05, 0.1) is 22.8 Å². The molecule has 1 fully saturated rings. The number of nitriles is 1. The highest BCUT2D eigenvalue weighted by Gasteiger charge is 2.52. The van der Waals surface area contributed by atoms with E-state index in [4.69, 9.17) is 14.6 Å². The average Bonchev–Trinajstić information content (AvgIpc) is 2.47. The van der Waals surface area contributed by atoms with Gasteiger partial charge in [0, 0.05) is 4.47 Å². The van der Waals surface area contributed by atoms with E-state index in [1.54, 1.807) is 12.1 Å². The highest BCUT2D eigenvalue weighted by molar-refractivity contribution is 9.10. The summed E-state index contributed by atoms with van der Waals surface area (Å²) < 4.78 is 12.8. The molecule has 1 aliphatic heterocycles. The van der Waals surface area contributed by atoms with Crippen molar-refractivity contribution < 1.29 is 9.31 Å². The molecule has 0 aromatic heterocycles. The molecule has 1 saturated heterocycles. The molecule has 0 radical (unpaired) electrons. The molecule has 0 aliphatic carbocycles. The smallest absolute Gasteiger partial charge is 0.399 e. The summed E-state index contributed by atoms with van der Waals surface area (Å²) in [6, 6.07) is 7.52. The first-order valence-electron chi connectivity index (χ1n) is 5.82. The van der Waals surface area contributed by atoms with Gasteiger partial charge in [-0.1, -0.05) is 22.0 Å². The van der Waals surface area contributed by atoms with Gasteiger partial charge in [-0.25, -0.2) is 0 Å². The van der Waals surface area contributed by atoms with Gasteiger partial charge in [0.15, 0.2) is 0 Å².